The van der Waals surface area contributed by atoms with Crippen molar-refractivity contribution in [3.05, 3.63) is 94.9 Å². The normalized spacial score (nSPS) is 15.2. The standard InChI is InChI=1S/C75H110ClFN12O15/c1-54-44-56(46-58(77)45-54)60-48-81-70(68(71-83-61-17-16-57(76)47-62(61)84-71)69(60)89-24-18-59(19-25-89)82-72(95)101-53-55-14-12-11-13-15-55)80-22-21-78-63(90)20-34-96-36-38-98-40-42-100-43-41-99-39-37-97-35-23-79-64(91)49-85-26-28-86(50-65(92)102-73(2,3)4)30-32-88(52-67(94)104-75(8,9)10)33-31-87(29-27-85)51-66(93)103-74(5,6)7/h11-17,44-48,59H,18-43,49-53H2,1-10H3,(H,78,90)(H,79,91)(H,80,81)(H,82,95)(H,83,84). The van der Waals surface area contributed by atoms with Gasteiger partial charge in [0, 0.05) is 114 Å². The van der Waals surface area contributed by atoms with Crippen LogP contribution in [0.3, 0.4) is 0 Å². The molecule has 0 atom stereocenters. The first-order chi connectivity index (χ1) is 49.6. The van der Waals surface area contributed by atoms with Crippen LogP contribution in [-0.2, 0) is 73.2 Å². The highest BCUT2D eigenvalue weighted by Gasteiger charge is 2.31. The maximum absolute atomic E-state index is 15.2. The number of carbonyl (C=O) groups excluding carboxylic acids is 6. The van der Waals surface area contributed by atoms with Crippen molar-refractivity contribution in [3.63, 3.8) is 0 Å². The van der Waals surface area contributed by atoms with E-state index in [0.29, 0.717) is 177 Å². The molecule has 104 heavy (non-hydrogen) atoms. The summed E-state index contributed by atoms with van der Waals surface area (Å²) in [5.41, 5.74) is 3.80. The molecule has 2 aliphatic rings. The number of rotatable bonds is 36. The summed E-state index contributed by atoms with van der Waals surface area (Å²) < 4.78 is 66.1. The Morgan fingerprint density at radius 2 is 1.08 bits per heavy atom. The lowest BCUT2D eigenvalue weighted by molar-refractivity contribution is -0.158. The van der Waals surface area contributed by atoms with E-state index in [1.54, 1.807) is 18.3 Å². The Kier molecular flexibility index (Phi) is 34.2. The van der Waals surface area contributed by atoms with Gasteiger partial charge < -0.3 is 73.8 Å². The van der Waals surface area contributed by atoms with E-state index in [1.165, 1.54) is 12.1 Å². The number of H-pyrrole nitrogens is 1. The minimum Gasteiger partial charge on any atom is -0.459 e. The fraction of sp³-hybridized carbons (Fsp3) is 0.600. The summed E-state index contributed by atoms with van der Waals surface area (Å²) >= 11 is 6.43. The summed E-state index contributed by atoms with van der Waals surface area (Å²) in [6.07, 6.45) is 2.60. The van der Waals surface area contributed by atoms with Crippen molar-refractivity contribution in [2.45, 2.75) is 118 Å². The second kappa shape index (κ2) is 42.5. The number of piperidine rings is 1. The number of aryl methyl sites for hydroxylation is 1. The molecule has 2 saturated heterocycles. The van der Waals surface area contributed by atoms with Crippen molar-refractivity contribution < 1.29 is 75.8 Å². The number of nitrogens with one attached hydrogen (secondary N) is 5. The van der Waals surface area contributed by atoms with Gasteiger partial charge in [0.05, 0.1) is 115 Å². The highest BCUT2D eigenvalue weighted by molar-refractivity contribution is 6.31. The Morgan fingerprint density at radius 1 is 0.577 bits per heavy atom. The molecule has 7 rings (SSSR count). The molecule has 0 saturated carbocycles. The number of aromatic amines is 1. The first kappa shape index (κ1) is 83.6. The van der Waals surface area contributed by atoms with Crippen molar-refractivity contribution in [3.8, 4) is 22.5 Å². The maximum atomic E-state index is 15.2. The van der Waals surface area contributed by atoms with Gasteiger partial charge in [-0.05, 0) is 129 Å². The average molecular weight is 1470 g/mol. The molecule has 29 heteroatoms. The Labute approximate surface area is 616 Å². The van der Waals surface area contributed by atoms with E-state index in [-0.39, 0.29) is 107 Å². The summed E-state index contributed by atoms with van der Waals surface area (Å²) in [5, 5.41) is 12.9. The lowest BCUT2D eigenvalue weighted by Gasteiger charge is -2.36. The second-order valence-electron chi connectivity index (χ2n) is 28.8. The van der Waals surface area contributed by atoms with E-state index in [4.69, 9.17) is 64.2 Å². The smallest absolute Gasteiger partial charge is 0.407 e. The summed E-state index contributed by atoms with van der Waals surface area (Å²) in [7, 11) is 0. The molecule has 574 valence electrons. The number of fused-ring (bicyclic) bond motifs is 1. The zero-order valence-electron chi connectivity index (χ0n) is 62.4. The Balaban J connectivity index is 0.768. The van der Waals surface area contributed by atoms with Gasteiger partial charge in [-0.15, -0.1) is 0 Å². The molecule has 0 aliphatic carbocycles. The van der Waals surface area contributed by atoms with Gasteiger partial charge in [-0.1, -0.05) is 48.0 Å². The number of ether oxygens (including phenoxy) is 9. The fourth-order valence-corrected chi connectivity index (χ4v) is 11.8. The fourth-order valence-electron chi connectivity index (χ4n) is 11.6. The SMILES string of the molecule is Cc1cc(F)cc(-c2cnc(NCCNC(=O)CCOCCOCCOCCOCCOCCNC(=O)CN3CCN(CC(=O)OC(C)(C)C)CCN(CC(=O)OC(C)(C)C)CCN(CC(=O)OC(C)(C)C)CC3)c(-c3nc4cc(Cl)ccc4[nH]3)c2N2CCC(NC(=O)OCc3ccccc3)CC2)c1. The number of anilines is 2. The Hall–Kier alpha value is -7.64. The number of hydrogen-bond acceptors (Lipinski definition) is 23. The highest BCUT2D eigenvalue weighted by atomic mass is 35.5. The van der Waals surface area contributed by atoms with E-state index in [9.17, 15) is 28.8 Å². The number of pyridine rings is 1. The first-order valence-electron chi connectivity index (χ1n) is 36.0. The molecule has 2 aromatic heterocycles. The molecule has 0 radical (unpaired) electrons. The number of halogens is 2. The van der Waals surface area contributed by atoms with Crippen molar-refractivity contribution in [2.75, 3.05) is 188 Å². The number of imidazole rings is 1. The van der Waals surface area contributed by atoms with Crippen LogP contribution < -0.4 is 26.2 Å². The van der Waals surface area contributed by atoms with Gasteiger partial charge in [-0.3, -0.25) is 43.6 Å². The van der Waals surface area contributed by atoms with Crippen molar-refractivity contribution >= 4 is 70.0 Å². The number of alkyl carbamates (subject to hydrolysis) is 1. The largest absolute Gasteiger partial charge is 0.459 e. The number of carbonyl (C=O) groups is 6. The van der Waals surface area contributed by atoms with Crippen molar-refractivity contribution in [1.82, 2.24) is 50.5 Å². The topological polar surface area (TPSA) is 291 Å². The number of benzene rings is 3. The van der Waals surface area contributed by atoms with Gasteiger partial charge in [-0.25, -0.2) is 19.2 Å². The van der Waals surface area contributed by atoms with Gasteiger partial charge in [0.25, 0.3) is 0 Å². The zero-order chi connectivity index (χ0) is 75.1. The van der Waals surface area contributed by atoms with E-state index in [2.05, 4.69) is 31.2 Å². The van der Waals surface area contributed by atoms with Crippen LogP contribution in [0, 0.1) is 12.7 Å². The van der Waals surface area contributed by atoms with Crippen LogP contribution >= 0.6 is 11.6 Å². The predicted octanol–water partition coefficient (Wildman–Crippen LogP) is 7.65. The van der Waals surface area contributed by atoms with Crippen LogP contribution in [0.1, 0.15) is 92.7 Å². The molecule has 3 aromatic carbocycles. The van der Waals surface area contributed by atoms with E-state index in [0.717, 1.165) is 22.3 Å². The van der Waals surface area contributed by atoms with Crippen LogP contribution in [0.15, 0.2) is 72.9 Å². The predicted molar refractivity (Wildman–Crippen MR) is 396 cm³/mol. The molecule has 4 heterocycles. The van der Waals surface area contributed by atoms with Gasteiger partial charge in [0.2, 0.25) is 11.8 Å². The number of nitrogens with zero attached hydrogens (tertiary/aromatic N) is 7. The molecule has 27 nitrogen and oxygen atoms in total. The summed E-state index contributed by atoms with van der Waals surface area (Å²) in [4.78, 5) is 102. The maximum Gasteiger partial charge on any atom is 0.407 e. The van der Waals surface area contributed by atoms with Gasteiger partial charge in [0.1, 0.15) is 40.9 Å². The third-order valence-corrected chi connectivity index (χ3v) is 16.6. The first-order valence-corrected chi connectivity index (χ1v) is 36.4. The molecule has 3 amide bonds. The third kappa shape index (κ3) is 32.0. The minimum atomic E-state index is -0.674. The quantitative estimate of drug-likeness (QED) is 0.0146. The van der Waals surface area contributed by atoms with Gasteiger partial charge in [0.15, 0.2) is 0 Å². The molecular weight excluding hydrogens is 1360 g/mol. The Morgan fingerprint density at radius 3 is 1.60 bits per heavy atom. The van der Waals surface area contributed by atoms with Crippen LogP contribution in [-0.4, -0.2) is 271 Å². The summed E-state index contributed by atoms with van der Waals surface area (Å²) in [6, 6.07) is 19.7. The minimum absolute atomic E-state index is 0.0251. The Bertz CT molecular complexity index is 3440. The summed E-state index contributed by atoms with van der Waals surface area (Å²) in [6.45, 7) is 27.1. The third-order valence-electron chi connectivity index (χ3n) is 16.3. The number of aromatic nitrogens is 3. The monoisotopic (exact) mass is 1470 g/mol. The van der Waals surface area contributed by atoms with E-state index < -0.39 is 22.9 Å². The van der Waals surface area contributed by atoms with Crippen LogP contribution in [0.4, 0.5) is 20.7 Å². The molecule has 5 N–H and O–H groups in total. The van der Waals surface area contributed by atoms with E-state index >= 15 is 4.39 Å². The second-order valence-corrected chi connectivity index (χ2v) is 29.2. The number of amides is 3. The molecule has 2 fully saturated rings. The highest BCUT2D eigenvalue weighted by Crippen LogP contribution is 2.44. The lowest BCUT2D eigenvalue weighted by atomic mass is 9.96. The molecular formula is C75H110ClFN12O15. The van der Waals surface area contributed by atoms with E-state index in [1.807, 2.05) is 131 Å². The molecule has 2 aliphatic heterocycles. The van der Waals surface area contributed by atoms with Crippen molar-refractivity contribution in [1.29, 1.82) is 0 Å². The molecule has 0 spiro atoms. The van der Waals surface area contributed by atoms with Gasteiger partial charge >= 0.3 is 24.0 Å². The zero-order valence-corrected chi connectivity index (χ0v) is 63.2. The number of hydrogen-bond donors (Lipinski definition) is 5. The van der Waals surface area contributed by atoms with Gasteiger partial charge in [-0.2, -0.15) is 0 Å². The number of esters is 3. The van der Waals surface area contributed by atoms with Crippen LogP contribution in [0.5, 0.6) is 0 Å². The lowest BCUT2D eigenvalue weighted by Crippen LogP contribution is -2.50. The molecule has 0 unspecified atom stereocenters. The van der Waals surface area contributed by atoms with Crippen LogP contribution in [0.25, 0.3) is 33.5 Å². The average Bonchev–Trinajstić information content (AvgIpc) is 1.40. The summed E-state index contributed by atoms with van der Waals surface area (Å²) in [5.74, 6) is -0.883. The van der Waals surface area contributed by atoms with Crippen LogP contribution in [0.2, 0.25) is 5.02 Å². The molecule has 5 aromatic rings. The molecule has 0 bridgehead atoms. The van der Waals surface area contributed by atoms with Crippen molar-refractivity contribution in [2.24, 2.45) is 0 Å².